The van der Waals surface area contributed by atoms with E-state index in [2.05, 4.69) is 11.9 Å². The monoisotopic (exact) mass is 317 g/mol. The molecule has 1 aromatic rings. The standard InChI is InChI=1S/C16H24FNO2.ClH/c1-18(14-5-3-2-4-6-14)11-15(19)12-20-16-9-7-13(17)8-10-16;/h7-10,14-15,19H,2-6,11-12H2,1H3;1H. The molecule has 0 heterocycles. The second kappa shape index (κ2) is 9.23. The van der Waals surface area contributed by atoms with Crippen LogP contribution in [0.5, 0.6) is 5.75 Å². The Hall–Kier alpha value is -0.840. The molecular weight excluding hydrogens is 293 g/mol. The summed E-state index contributed by atoms with van der Waals surface area (Å²) in [4.78, 5) is 2.23. The van der Waals surface area contributed by atoms with Gasteiger partial charge in [-0.3, -0.25) is 0 Å². The number of nitrogens with zero attached hydrogens (tertiary/aromatic N) is 1. The van der Waals surface area contributed by atoms with Crippen molar-refractivity contribution in [3.05, 3.63) is 30.1 Å². The van der Waals surface area contributed by atoms with Crippen LogP contribution in [0.15, 0.2) is 24.3 Å². The molecule has 0 aromatic heterocycles. The van der Waals surface area contributed by atoms with Crippen molar-refractivity contribution in [3.8, 4) is 5.75 Å². The predicted octanol–water partition coefficient (Wildman–Crippen LogP) is 3.25. The van der Waals surface area contributed by atoms with E-state index in [4.69, 9.17) is 4.74 Å². The molecule has 2 rings (SSSR count). The van der Waals surface area contributed by atoms with Crippen molar-refractivity contribution in [2.75, 3.05) is 20.2 Å². The fourth-order valence-electron chi connectivity index (χ4n) is 2.78. The number of halogens is 2. The molecule has 5 heteroatoms. The number of rotatable bonds is 6. The molecule has 1 aliphatic carbocycles. The summed E-state index contributed by atoms with van der Waals surface area (Å²) >= 11 is 0. The van der Waals surface area contributed by atoms with Crippen LogP contribution in [0, 0.1) is 5.82 Å². The Morgan fingerprint density at radius 3 is 2.48 bits per heavy atom. The number of benzene rings is 1. The van der Waals surface area contributed by atoms with E-state index in [0.29, 0.717) is 18.3 Å². The van der Waals surface area contributed by atoms with E-state index in [1.807, 2.05) is 0 Å². The van der Waals surface area contributed by atoms with Gasteiger partial charge in [0, 0.05) is 12.6 Å². The molecule has 0 amide bonds. The topological polar surface area (TPSA) is 32.7 Å². The van der Waals surface area contributed by atoms with Gasteiger partial charge in [0.1, 0.15) is 24.3 Å². The van der Waals surface area contributed by atoms with Crippen LogP contribution in [0.25, 0.3) is 0 Å². The molecule has 1 saturated carbocycles. The van der Waals surface area contributed by atoms with E-state index < -0.39 is 6.10 Å². The van der Waals surface area contributed by atoms with Crippen molar-refractivity contribution < 1.29 is 14.2 Å². The third-order valence-electron chi connectivity index (χ3n) is 3.95. The molecule has 0 radical (unpaired) electrons. The molecule has 0 bridgehead atoms. The summed E-state index contributed by atoms with van der Waals surface area (Å²) in [6.45, 7) is 0.856. The Balaban J connectivity index is 0.00000220. The summed E-state index contributed by atoms with van der Waals surface area (Å²) in [7, 11) is 2.07. The van der Waals surface area contributed by atoms with Gasteiger partial charge in [-0.05, 0) is 44.2 Å². The van der Waals surface area contributed by atoms with E-state index in [1.165, 1.54) is 44.2 Å². The first-order valence-electron chi connectivity index (χ1n) is 7.42. The molecule has 1 N–H and O–H groups in total. The minimum Gasteiger partial charge on any atom is -0.491 e. The Morgan fingerprint density at radius 1 is 1.24 bits per heavy atom. The van der Waals surface area contributed by atoms with Crippen LogP contribution in [0.2, 0.25) is 0 Å². The van der Waals surface area contributed by atoms with Crippen molar-refractivity contribution in [1.29, 1.82) is 0 Å². The highest BCUT2D eigenvalue weighted by atomic mass is 35.5. The molecule has 0 saturated heterocycles. The molecule has 1 aliphatic rings. The molecule has 120 valence electrons. The van der Waals surface area contributed by atoms with Gasteiger partial charge >= 0.3 is 0 Å². The largest absolute Gasteiger partial charge is 0.491 e. The zero-order valence-electron chi connectivity index (χ0n) is 12.5. The quantitative estimate of drug-likeness (QED) is 0.874. The van der Waals surface area contributed by atoms with Crippen molar-refractivity contribution in [2.45, 2.75) is 44.2 Å². The maximum absolute atomic E-state index is 12.8. The molecule has 1 atom stereocenters. The Bertz CT molecular complexity index is 396. The summed E-state index contributed by atoms with van der Waals surface area (Å²) < 4.78 is 18.2. The first kappa shape index (κ1) is 18.2. The zero-order chi connectivity index (χ0) is 14.4. The number of hydrogen-bond donors (Lipinski definition) is 1. The maximum atomic E-state index is 12.8. The molecule has 0 aliphatic heterocycles. The van der Waals surface area contributed by atoms with Crippen molar-refractivity contribution in [1.82, 2.24) is 4.90 Å². The molecule has 21 heavy (non-hydrogen) atoms. The van der Waals surface area contributed by atoms with Crippen LogP contribution in [0.3, 0.4) is 0 Å². The number of aliphatic hydroxyl groups excluding tert-OH is 1. The highest BCUT2D eigenvalue weighted by Gasteiger charge is 2.20. The fourth-order valence-corrected chi connectivity index (χ4v) is 2.78. The van der Waals surface area contributed by atoms with Gasteiger partial charge in [0.2, 0.25) is 0 Å². The van der Waals surface area contributed by atoms with Gasteiger partial charge in [-0.15, -0.1) is 12.4 Å². The third kappa shape index (κ3) is 6.20. The average Bonchev–Trinajstić information content (AvgIpc) is 2.47. The van der Waals surface area contributed by atoms with Crippen molar-refractivity contribution in [2.24, 2.45) is 0 Å². The normalized spacial score (nSPS) is 17.3. The lowest BCUT2D eigenvalue weighted by atomic mass is 9.94. The number of likely N-dealkylation sites (N-methyl/N-ethyl adjacent to an activating group) is 1. The second-order valence-corrected chi connectivity index (χ2v) is 5.65. The van der Waals surface area contributed by atoms with Crippen LogP contribution >= 0.6 is 12.4 Å². The SMILES string of the molecule is CN(CC(O)COc1ccc(F)cc1)C1CCCCC1.Cl. The minimum absolute atomic E-state index is 0. The fraction of sp³-hybridized carbons (Fsp3) is 0.625. The molecule has 1 aromatic carbocycles. The lowest BCUT2D eigenvalue weighted by molar-refractivity contribution is 0.0561. The lowest BCUT2D eigenvalue weighted by Crippen LogP contribution is -2.40. The molecule has 1 fully saturated rings. The highest BCUT2D eigenvalue weighted by Crippen LogP contribution is 2.21. The number of ether oxygens (including phenoxy) is 1. The minimum atomic E-state index is -0.521. The van der Waals surface area contributed by atoms with E-state index in [9.17, 15) is 9.50 Å². The summed E-state index contributed by atoms with van der Waals surface area (Å²) in [5, 5.41) is 10.0. The first-order chi connectivity index (χ1) is 9.65. The van der Waals surface area contributed by atoms with E-state index >= 15 is 0 Å². The van der Waals surface area contributed by atoms with Gasteiger partial charge in [0.15, 0.2) is 0 Å². The first-order valence-corrected chi connectivity index (χ1v) is 7.42. The van der Waals surface area contributed by atoms with Crippen LogP contribution in [0.4, 0.5) is 4.39 Å². The van der Waals surface area contributed by atoms with Crippen LogP contribution in [-0.4, -0.2) is 42.4 Å². The summed E-state index contributed by atoms with van der Waals surface area (Å²) in [6.07, 6.45) is 5.84. The van der Waals surface area contributed by atoms with E-state index in [0.717, 1.165) is 0 Å². The molecule has 3 nitrogen and oxygen atoms in total. The number of aliphatic hydroxyl groups is 1. The molecule has 0 spiro atoms. The predicted molar refractivity (Wildman–Crippen MR) is 84.7 cm³/mol. The van der Waals surface area contributed by atoms with Gasteiger partial charge < -0.3 is 14.7 Å². The van der Waals surface area contributed by atoms with Gasteiger partial charge in [0.25, 0.3) is 0 Å². The smallest absolute Gasteiger partial charge is 0.123 e. The summed E-state index contributed by atoms with van der Waals surface area (Å²) in [5.74, 6) is 0.306. The van der Waals surface area contributed by atoms with Gasteiger partial charge in [-0.2, -0.15) is 0 Å². The van der Waals surface area contributed by atoms with E-state index in [1.54, 1.807) is 12.1 Å². The van der Waals surface area contributed by atoms with E-state index in [-0.39, 0.29) is 24.8 Å². The Morgan fingerprint density at radius 2 is 1.86 bits per heavy atom. The summed E-state index contributed by atoms with van der Waals surface area (Å²) in [6, 6.07) is 6.45. The van der Waals surface area contributed by atoms with Crippen LogP contribution in [0.1, 0.15) is 32.1 Å². The van der Waals surface area contributed by atoms with Crippen LogP contribution in [-0.2, 0) is 0 Å². The van der Waals surface area contributed by atoms with Gasteiger partial charge in [0.05, 0.1) is 0 Å². The lowest BCUT2D eigenvalue weighted by Gasteiger charge is -2.32. The number of hydrogen-bond acceptors (Lipinski definition) is 3. The Kier molecular flexibility index (Phi) is 8.01. The average molecular weight is 318 g/mol. The molecule has 1 unspecified atom stereocenters. The van der Waals surface area contributed by atoms with Crippen molar-refractivity contribution in [3.63, 3.8) is 0 Å². The highest BCUT2D eigenvalue weighted by molar-refractivity contribution is 5.85. The van der Waals surface area contributed by atoms with Crippen LogP contribution < -0.4 is 4.74 Å². The van der Waals surface area contributed by atoms with Gasteiger partial charge in [-0.25, -0.2) is 4.39 Å². The molecular formula is C16H25ClFNO2. The Labute approximate surface area is 132 Å². The maximum Gasteiger partial charge on any atom is 0.123 e. The van der Waals surface area contributed by atoms with Gasteiger partial charge in [-0.1, -0.05) is 19.3 Å². The third-order valence-corrected chi connectivity index (χ3v) is 3.95. The summed E-state index contributed by atoms with van der Waals surface area (Å²) in [5.41, 5.74) is 0. The zero-order valence-corrected chi connectivity index (χ0v) is 13.3. The second-order valence-electron chi connectivity index (χ2n) is 5.65. The van der Waals surface area contributed by atoms with Crippen molar-refractivity contribution >= 4 is 12.4 Å².